The summed E-state index contributed by atoms with van der Waals surface area (Å²) in [6.45, 7) is 3.05. The van der Waals surface area contributed by atoms with Gasteiger partial charge in [-0.1, -0.05) is 0 Å². The molecule has 4 nitrogen and oxygen atoms in total. The fraction of sp³-hybridized carbons (Fsp3) is 0.364. The van der Waals surface area contributed by atoms with Crippen molar-refractivity contribution < 1.29 is 0 Å². The smallest absolute Gasteiger partial charge is 0.110 e. The highest BCUT2D eigenvalue weighted by Gasteiger charge is 2.14. The quantitative estimate of drug-likeness (QED) is 0.488. The topological polar surface area (TPSA) is 55.9 Å². The second-order valence-corrected chi connectivity index (χ2v) is 6.54. The third kappa shape index (κ3) is 3.06. The summed E-state index contributed by atoms with van der Waals surface area (Å²) in [6.07, 6.45) is 4.65. The normalized spacial score (nSPS) is 12.9. The molecule has 0 aliphatic heterocycles. The first-order valence-electron chi connectivity index (χ1n) is 5.44. The molecule has 0 radical (unpaired) electrons. The lowest BCUT2D eigenvalue weighted by Gasteiger charge is -2.14. The van der Waals surface area contributed by atoms with Gasteiger partial charge >= 0.3 is 0 Å². The van der Waals surface area contributed by atoms with Gasteiger partial charge in [0.05, 0.1) is 8.93 Å². The van der Waals surface area contributed by atoms with Crippen molar-refractivity contribution >= 4 is 33.9 Å². The summed E-state index contributed by atoms with van der Waals surface area (Å²) in [7, 11) is 0. The summed E-state index contributed by atoms with van der Waals surface area (Å²) in [5.74, 6) is 6.70. The lowest BCUT2D eigenvalue weighted by atomic mass is 10.1. The molecular weight excluding hydrogens is 347 g/mol. The van der Waals surface area contributed by atoms with E-state index in [0.717, 1.165) is 18.8 Å². The van der Waals surface area contributed by atoms with Crippen LogP contribution in [0.4, 0.5) is 0 Å². The van der Waals surface area contributed by atoms with Crippen LogP contribution in [0.15, 0.2) is 23.8 Å². The number of hydrogen-bond donors (Lipinski definition) is 2. The van der Waals surface area contributed by atoms with Gasteiger partial charge in [0.2, 0.25) is 0 Å². The van der Waals surface area contributed by atoms with Crippen LogP contribution in [0.5, 0.6) is 0 Å². The summed E-state index contributed by atoms with van der Waals surface area (Å²) in [5.41, 5.74) is 4.10. The molecule has 0 spiro atoms. The van der Waals surface area contributed by atoms with Crippen molar-refractivity contribution in [1.29, 1.82) is 0 Å². The average Bonchev–Trinajstić information content (AvgIpc) is 2.94. The Morgan fingerprint density at radius 1 is 1.65 bits per heavy atom. The summed E-state index contributed by atoms with van der Waals surface area (Å²) in [6, 6.07) is 2.29. The van der Waals surface area contributed by atoms with Crippen molar-refractivity contribution in [3.8, 4) is 0 Å². The Labute approximate surface area is 118 Å². The molecule has 0 aromatic carbocycles. The van der Waals surface area contributed by atoms with Gasteiger partial charge in [-0.3, -0.25) is 11.3 Å². The maximum absolute atomic E-state index is 5.64. The minimum absolute atomic E-state index is 0.127. The lowest BCUT2D eigenvalue weighted by molar-refractivity contribution is 0.524. The van der Waals surface area contributed by atoms with Gasteiger partial charge in [0, 0.05) is 25.4 Å². The zero-order valence-corrected chi connectivity index (χ0v) is 12.5. The molecule has 0 bridgehead atoms. The van der Waals surface area contributed by atoms with Crippen molar-refractivity contribution in [3.05, 3.63) is 38.1 Å². The highest BCUT2D eigenvalue weighted by atomic mass is 127. The lowest BCUT2D eigenvalue weighted by Crippen LogP contribution is -2.30. The molecule has 2 aromatic rings. The number of nitrogens with zero attached hydrogens (tertiary/aromatic N) is 2. The standard InChI is InChI=1S/C11H15IN4S/c1-2-16-4-3-14-11(16)6-9(15-13)8-5-10(12)17-7-8/h3-5,7,9,15H,2,6,13H2,1H3. The van der Waals surface area contributed by atoms with Crippen LogP contribution >= 0.6 is 33.9 Å². The zero-order valence-electron chi connectivity index (χ0n) is 9.56. The van der Waals surface area contributed by atoms with Crippen molar-refractivity contribution in [2.45, 2.75) is 25.9 Å². The second kappa shape index (κ2) is 5.94. The molecule has 6 heteroatoms. The average molecular weight is 362 g/mol. The molecule has 0 saturated heterocycles. The number of nitrogens with one attached hydrogen (secondary N) is 1. The maximum atomic E-state index is 5.64. The van der Waals surface area contributed by atoms with E-state index >= 15 is 0 Å². The Morgan fingerprint density at radius 2 is 2.47 bits per heavy atom. The fourth-order valence-electron chi connectivity index (χ4n) is 1.78. The first-order valence-corrected chi connectivity index (χ1v) is 7.40. The van der Waals surface area contributed by atoms with Crippen molar-refractivity contribution in [2.24, 2.45) is 5.84 Å². The number of hydrazine groups is 1. The van der Waals surface area contributed by atoms with E-state index < -0.39 is 0 Å². The predicted octanol–water partition coefficient (Wildman–Crippen LogP) is 2.32. The predicted molar refractivity (Wildman–Crippen MR) is 78.7 cm³/mol. The van der Waals surface area contributed by atoms with E-state index in [1.54, 1.807) is 11.3 Å². The minimum atomic E-state index is 0.127. The fourth-order valence-corrected chi connectivity index (χ4v) is 3.21. The number of aromatic nitrogens is 2. The van der Waals surface area contributed by atoms with E-state index in [-0.39, 0.29) is 6.04 Å². The summed E-state index contributed by atoms with van der Waals surface area (Å²) in [4.78, 5) is 4.38. The minimum Gasteiger partial charge on any atom is -0.335 e. The van der Waals surface area contributed by atoms with Crippen LogP contribution in [-0.4, -0.2) is 9.55 Å². The van der Waals surface area contributed by atoms with E-state index in [1.807, 2.05) is 12.4 Å². The number of hydrogen-bond acceptors (Lipinski definition) is 4. The van der Waals surface area contributed by atoms with Gasteiger partial charge in [-0.05, 0) is 46.5 Å². The molecule has 17 heavy (non-hydrogen) atoms. The molecule has 2 rings (SSSR count). The van der Waals surface area contributed by atoms with Crippen LogP contribution in [0.2, 0.25) is 0 Å². The Bertz CT molecular complexity index is 479. The number of thiophene rings is 1. The number of aryl methyl sites for hydroxylation is 1. The highest BCUT2D eigenvalue weighted by molar-refractivity contribution is 14.1. The first kappa shape index (κ1) is 13.0. The Morgan fingerprint density at radius 3 is 3.06 bits per heavy atom. The molecule has 0 saturated carbocycles. The van der Waals surface area contributed by atoms with Gasteiger partial charge < -0.3 is 4.57 Å². The molecule has 0 amide bonds. The van der Waals surface area contributed by atoms with Crippen molar-refractivity contribution in [2.75, 3.05) is 0 Å². The van der Waals surface area contributed by atoms with Gasteiger partial charge in [0.15, 0.2) is 0 Å². The summed E-state index contributed by atoms with van der Waals surface area (Å²) in [5, 5.41) is 2.14. The third-order valence-corrected chi connectivity index (χ3v) is 4.53. The molecule has 2 aromatic heterocycles. The Kier molecular flexibility index (Phi) is 4.55. The van der Waals surface area contributed by atoms with Crippen LogP contribution in [0, 0.1) is 2.88 Å². The SMILES string of the molecule is CCn1ccnc1CC(NN)c1csc(I)c1. The number of imidazole rings is 1. The van der Waals surface area contributed by atoms with Crippen LogP contribution in [-0.2, 0) is 13.0 Å². The summed E-state index contributed by atoms with van der Waals surface area (Å²) >= 11 is 4.06. The van der Waals surface area contributed by atoms with Gasteiger partial charge in [-0.15, -0.1) is 11.3 Å². The highest BCUT2D eigenvalue weighted by Crippen LogP contribution is 2.24. The molecule has 92 valence electrons. The van der Waals surface area contributed by atoms with Gasteiger partial charge in [-0.2, -0.15) is 0 Å². The number of rotatable bonds is 5. The molecule has 1 atom stereocenters. The van der Waals surface area contributed by atoms with E-state index in [4.69, 9.17) is 5.84 Å². The van der Waals surface area contributed by atoms with Crippen LogP contribution in [0.25, 0.3) is 0 Å². The maximum Gasteiger partial charge on any atom is 0.110 e. The van der Waals surface area contributed by atoms with Gasteiger partial charge in [-0.25, -0.2) is 4.98 Å². The molecule has 2 heterocycles. The van der Waals surface area contributed by atoms with Gasteiger partial charge in [0.1, 0.15) is 5.82 Å². The summed E-state index contributed by atoms with van der Waals surface area (Å²) < 4.78 is 3.42. The zero-order chi connectivity index (χ0) is 12.3. The van der Waals surface area contributed by atoms with Crippen LogP contribution in [0.3, 0.4) is 0 Å². The Balaban J connectivity index is 2.15. The monoisotopic (exact) mass is 362 g/mol. The largest absolute Gasteiger partial charge is 0.335 e. The number of nitrogens with two attached hydrogens (primary N) is 1. The van der Waals surface area contributed by atoms with E-state index in [0.29, 0.717) is 0 Å². The first-order chi connectivity index (χ1) is 8.24. The second-order valence-electron chi connectivity index (χ2n) is 3.74. The molecule has 0 aliphatic carbocycles. The molecule has 0 aliphatic rings. The molecule has 3 N–H and O–H groups in total. The van der Waals surface area contributed by atoms with E-state index in [9.17, 15) is 0 Å². The van der Waals surface area contributed by atoms with Gasteiger partial charge in [0.25, 0.3) is 0 Å². The van der Waals surface area contributed by atoms with Crippen molar-refractivity contribution in [3.63, 3.8) is 0 Å². The Hall–Kier alpha value is -0.440. The third-order valence-electron chi connectivity index (χ3n) is 2.72. The van der Waals surface area contributed by atoms with E-state index in [2.05, 4.69) is 55.9 Å². The van der Waals surface area contributed by atoms with Crippen LogP contribution < -0.4 is 11.3 Å². The molecular formula is C11H15IN4S. The number of halogens is 1. The van der Waals surface area contributed by atoms with Crippen molar-refractivity contribution in [1.82, 2.24) is 15.0 Å². The molecule has 1 unspecified atom stereocenters. The molecule has 0 fully saturated rings. The van der Waals surface area contributed by atoms with E-state index in [1.165, 1.54) is 8.45 Å². The van der Waals surface area contributed by atoms with Crippen LogP contribution in [0.1, 0.15) is 24.4 Å².